The quantitative estimate of drug-likeness (QED) is 0.253. The summed E-state index contributed by atoms with van der Waals surface area (Å²) in [5, 5.41) is 37.6. The topological polar surface area (TPSA) is 189 Å². The zero-order valence-corrected chi connectivity index (χ0v) is 25.4. The summed E-state index contributed by atoms with van der Waals surface area (Å²) in [6.45, 7) is 13.0. The van der Waals surface area contributed by atoms with Crippen molar-refractivity contribution in [3.8, 4) is 0 Å². The van der Waals surface area contributed by atoms with Crippen molar-refractivity contribution < 1.29 is 34.8 Å². The van der Waals surface area contributed by atoms with Crippen LogP contribution in [0.5, 0.6) is 0 Å². The third-order valence-corrected chi connectivity index (χ3v) is 7.52. The molecule has 2 aromatic rings. The van der Waals surface area contributed by atoms with Gasteiger partial charge >= 0.3 is 17.9 Å². The van der Waals surface area contributed by atoms with E-state index in [-0.39, 0.29) is 11.1 Å². The molecule has 0 atom stereocenters. The van der Waals surface area contributed by atoms with Gasteiger partial charge in [0.25, 0.3) is 0 Å². The van der Waals surface area contributed by atoms with Crippen LogP contribution in [0.2, 0.25) is 0 Å². The van der Waals surface area contributed by atoms with Gasteiger partial charge in [0.05, 0.1) is 24.2 Å². The predicted molar refractivity (Wildman–Crippen MR) is 158 cm³/mol. The number of nitrogens with one attached hydrogen (secondary N) is 1. The second-order valence-electron chi connectivity index (χ2n) is 12.7. The van der Waals surface area contributed by atoms with Crippen molar-refractivity contribution in [2.75, 3.05) is 18.0 Å². The van der Waals surface area contributed by atoms with Gasteiger partial charge in [-0.05, 0) is 71.6 Å². The third kappa shape index (κ3) is 10.5. The molecule has 0 bridgehead atoms. The lowest BCUT2D eigenvalue weighted by atomic mass is 9.79. The van der Waals surface area contributed by atoms with Gasteiger partial charge in [0.15, 0.2) is 5.60 Å². The summed E-state index contributed by atoms with van der Waals surface area (Å²) in [4.78, 5) is 49.5. The van der Waals surface area contributed by atoms with Crippen molar-refractivity contribution in [1.82, 2.24) is 25.2 Å². The van der Waals surface area contributed by atoms with Crippen LogP contribution in [0.3, 0.4) is 0 Å². The minimum Gasteiger partial charge on any atom is -0.481 e. The number of rotatable bonds is 11. The molecular weight excluding hydrogens is 556 g/mol. The SMILES string of the molecule is CC1(C)CC(N(Cc2ccccn2)Cc2ccnc(N3CCCC3)n2)CC(C)(C)N1.O=C(O)CC(O)(CC(=O)O)C(=O)O. The number of carbonyl (C=O) groups is 3. The first kappa shape index (κ1) is 33.8. The van der Waals surface area contributed by atoms with E-state index in [9.17, 15) is 14.4 Å². The Kier molecular flexibility index (Phi) is 11.2. The van der Waals surface area contributed by atoms with Gasteiger partial charge in [0, 0.05) is 55.7 Å². The van der Waals surface area contributed by atoms with Gasteiger partial charge in [0.2, 0.25) is 5.95 Å². The van der Waals surface area contributed by atoms with Crippen molar-refractivity contribution in [3.63, 3.8) is 0 Å². The number of nitrogens with zero attached hydrogens (tertiary/aromatic N) is 5. The number of carboxylic acids is 3. The molecule has 43 heavy (non-hydrogen) atoms. The van der Waals surface area contributed by atoms with Gasteiger partial charge in [-0.1, -0.05) is 6.07 Å². The summed E-state index contributed by atoms with van der Waals surface area (Å²) in [7, 11) is 0. The van der Waals surface area contributed by atoms with Crippen LogP contribution in [-0.2, 0) is 27.5 Å². The Hall–Kier alpha value is -3.68. The average molecular weight is 601 g/mol. The van der Waals surface area contributed by atoms with E-state index < -0.39 is 36.4 Å². The maximum Gasteiger partial charge on any atom is 0.336 e. The van der Waals surface area contributed by atoms with Crippen LogP contribution in [0.25, 0.3) is 0 Å². The van der Waals surface area contributed by atoms with Crippen LogP contribution in [0.1, 0.15) is 77.6 Å². The molecule has 0 unspecified atom stereocenters. The fourth-order valence-electron chi connectivity index (χ4n) is 6.00. The zero-order valence-electron chi connectivity index (χ0n) is 25.4. The van der Waals surface area contributed by atoms with Gasteiger partial charge in [-0.2, -0.15) is 0 Å². The highest BCUT2D eigenvalue weighted by molar-refractivity contribution is 5.88. The summed E-state index contributed by atoms with van der Waals surface area (Å²) in [5.74, 6) is -4.14. The fourth-order valence-corrected chi connectivity index (χ4v) is 6.00. The summed E-state index contributed by atoms with van der Waals surface area (Å²) in [5.41, 5.74) is -0.336. The number of piperidine rings is 1. The second-order valence-corrected chi connectivity index (χ2v) is 12.7. The lowest BCUT2D eigenvalue weighted by Gasteiger charge is -2.49. The number of hydrogen-bond acceptors (Lipinski definition) is 10. The second kappa shape index (κ2) is 14.2. The molecule has 2 saturated heterocycles. The van der Waals surface area contributed by atoms with E-state index in [1.165, 1.54) is 12.8 Å². The lowest BCUT2D eigenvalue weighted by Crippen LogP contribution is -2.62. The Morgan fingerprint density at radius 3 is 2.00 bits per heavy atom. The molecule has 236 valence electrons. The van der Waals surface area contributed by atoms with E-state index in [4.69, 9.17) is 25.4 Å². The van der Waals surface area contributed by atoms with Gasteiger partial charge < -0.3 is 30.6 Å². The van der Waals surface area contributed by atoms with Crippen LogP contribution >= 0.6 is 0 Å². The number of carboxylic acid groups (broad SMARTS) is 3. The molecular formula is C30H44N6O7. The minimum atomic E-state index is -2.74. The van der Waals surface area contributed by atoms with E-state index >= 15 is 0 Å². The maximum absolute atomic E-state index is 10.3. The molecule has 4 heterocycles. The van der Waals surface area contributed by atoms with E-state index in [0.29, 0.717) is 6.04 Å². The highest BCUT2D eigenvalue weighted by Crippen LogP contribution is 2.33. The van der Waals surface area contributed by atoms with E-state index in [1.807, 2.05) is 18.5 Å². The molecule has 5 N–H and O–H groups in total. The van der Waals surface area contributed by atoms with Crippen molar-refractivity contribution in [1.29, 1.82) is 0 Å². The van der Waals surface area contributed by atoms with Gasteiger partial charge in [-0.25, -0.2) is 14.8 Å². The normalized spacial score (nSPS) is 18.1. The van der Waals surface area contributed by atoms with E-state index in [2.05, 4.69) is 71.0 Å². The van der Waals surface area contributed by atoms with Gasteiger partial charge in [-0.15, -0.1) is 0 Å². The molecule has 0 radical (unpaired) electrons. The number of aliphatic hydroxyl groups is 1. The zero-order chi connectivity index (χ0) is 31.8. The standard InChI is InChI=1S/C24H36N6.C6H8O7/c1-23(2)15-21(16-24(3,4)28-23)30(17-19-9-5-6-11-25-19)18-20-10-12-26-22(27-20)29-13-7-8-14-29;7-3(8)1-6(13,5(11)12)2-4(9)10/h5-6,9-12,21,28H,7-8,13-18H2,1-4H3;13H,1-2H2,(H,7,8)(H,9,10)(H,11,12). The number of aliphatic carboxylic acids is 3. The first-order chi connectivity index (χ1) is 20.1. The largest absolute Gasteiger partial charge is 0.481 e. The number of anilines is 1. The van der Waals surface area contributed by atoms with Crippen LogP contribution in [0.15, 0.2) is 36.7 Å². The Morgan fingerprint density at radius 2 is 1.49 bits per heavy atom. The molecule has 0 aromatic carbocycles. The van der Waals surface area contributed by atoms with Crippen LogP contribution in [0.4, 0.5) is 5.95 Å². The number of pyridine rings is 1. The molecule has 2 fully saturated rings. The monoisotopic (exact) mass is 600 g/mol. The van der Waals surface area contributed by atoms with Gasteiger partial charge in [-0.3, -0.25) is 19.5 Å². The Morgan fingerprint density at radius 1 is 0.907 bits per heavy atom. The molecule has 4 rings (SSSR count). The first-order valence-corrected chi connectivity index (χ1v) is 14.5. The minimum absolute atomic E-state index is 0.0984. The Balaban J connectivity index is 0.000000331. The predicted octanol–water partition coefficient (Wildman–Crippen LogP) is 2.53. The van der Waals surface area contributed by atoms with Crippen LogP contribution in [-0.4, -0.2) is 94.0 Å². The molecule has 13 heteroatoms. The lowest BCUT2D eigenvalue weighted by molar-refractivity contribution is -0.170. The summed E-state index contributed by atoms with van der Waals surface area (Å²) < 4.78 is 0. The first-order valence-electron chi connectivity index (χ1n) is 14.5. The van der Waals surface area contributed by atoms with Crippen molar-refractivity contribution in [3.05, 3.63) is 48.0 Å². The molecule has 0 spiro atoms. The Bertz CT molecular complexity index is 1220. The number of aromatic nitrogens is 3. The molecule has 0 amide bonds. The van der Waals surface area contributed by atoms with Crippen LogP contribution in [0, 0.1) is 0 Å². The fraction of sp³-hybridized carbons (Fsp3) is 0.600. The molecule has 0 saturated carbocycles. The summed E-state index contributed by atoms with van der Waals surface area (Å²) in [6, 6.07) is 8.72. The third-order valence-electron chi connectivity index (χ3n) is 7.52. The average Bonchev–Trinajstić information content (AvgIpc) is 3.42. The summed E-state index contributed by atoms with van der Waals surface area (Å²) >= 11 is 0. The molecule has 0 aliphatic carbocycles. The van der Waals surface area contributed by atoms with Crippen LogP contribution < -0.4 is 10.2 Å². The molecule has 2 aliphatic heterocycles. The molecule has 2 aliphatic rings. The smallest absolute Gasteiger partial charge is 0.336 e. The van der Waals surface area contributed by atoms with Crippen molar-refractivity contribution in [2.24, 2.45) is 0 Å². The van der Waals surface area contributed by atoms with Gasteiger partial charge in [0.1, 0.15) is 0 Å². The highest BCUT2D eigenvalue weighted by atomic mass is 16.4. The number of hydrogen-bond donors (Lipinski definition) is 5. The van der Waals surface area contributed by atoms with E-state index in [0.717, 1.165) is 56.4 Å². The van der Waals surface area contributed by atoms with E-state index in [1.54, 1.807) is 0 Å². The Labute approximate surface area is 252 Å². The molecule has 13 nitrogen and oxygen atoms in total. The molecule has 2 aromatic heterocycles. The maximum atomic E-state index is 10.3. The summed E-state index contributed by atoms with van der Waals surface area (Å²) in [6.07, 6.45) is 6.20. The highest BCUT2D eigenvalue weighted by Gasteiger charge is 2.41. The van der Waals surface area contributed by atoms with Crippen molar-refractivity contribution >= 4 is 23.9 Å². The van der Waals surface area contributed by atoms with Crippen molar-refractivity contribution in [2.45, 2.75) is 102 Å².